The number of nitrogens with zero attached hydrogens (tertiary/aromatic N) is 2. The van der Waals surface area contributed by atoms with Crippen molar-refractivity contribution in [2.24, 2.45) is 0 Å². The van der Waals surface area contributed by atoms with Crippen LogP contribution in [0, 0.1) is 0 Å². The van der Waals surface area contributed by atoms with Crippen LogP contribution in [0.15, 0.2) is 27.6 Å². The summed E-state index contributed by atoms with van der Waals surface area (Å²) in [5.41, 5.74) is 0. The van der Waals surface area contributed by atoms with Crippen LogP contribution in [0.4, 0.5) is 0 Å². The fourth-order valence-electron chi connectivity index (χ4n) is 2.09. The molecular formula is C12H16BrClN2O2S. The molecule has 0 unspecified atom stereocenters. The van der Waals surface area contributed by atoms with Gasteiger partial charge in [0.2, 0.25) is 10.0 Å². The molecule has 1 aliphatic rings. The van der Waals surface area contributed by atoms with Crippen LogP contribution in [0.3, 0.4) is 0 Å². The van der Waals surface area contributed by atoms with Gasteiger partial charge in [0.15, 0.2) is 0 Å². The monoisotopic (exact) mass is 366 g/mol. The Bertz CT molecular complexity index is 565. The third kappa shape index (κ3) is 3.49. The van der Waals surface area contributed by atoms with Crippen molar-refractivity contribution >= 4 is 37.6 Å². The summed E-state index contributed by atoms with van der Waals surface area (Å²) in [4.78, 5) is 2.32. The van der Waals surface area contributed by atoms with Gasteiger partial charge in [-0.3, -0.25) is 0 Å². The molecule has 1 aromatic rings. The predicted molar refractivity (Wildman–Crippen MR) is 80.0 cm³/mol. The minimum absolute atomic E-state index is 0.182. The lowest BCUT2D eigenvalue weighted by Crippen LogP contribution is -2.34. The standard InChI is InChI=1S/C12H16BrClN2O2S/c1-15-5-2-6-16(8-7-15)19(17,18)12-4-3-10(13)9-11(12)14/h3-4,9H,2,5-8H2,1H3. The first-order chi connectivity index (χ1) is 8.91. The van der Waals surface area contributed by atoms with Gasteiger partial charge in [-0.2, -0.15) is 4.31 Å². The van der Waals surface area contributed by atoms with E-state index in [2.05, 4.69) is 20.8 Å². The van der Waals surface area contributed by atoms with Gasteiger partial charge in [-0.05, 0) is 38.2 Å². The van der Waals surface area contributed by atoms with E-state index in [0.29, 0.717) is 13.1 Å². The second-order valence-corrected chi connectivity index (χ2v) is 7.86. The van der Waals surface area contributed by atoms with E-state index in [4.69, 9.17) is 11.6 Å². The topological polar surface area (TPSA) is 40.6 Å². The van der Waals surface area contributed by atoms with Gasteiger partial charge in [0.1, 0.15) is 4.90 Å². The highest BCUT2D eigenvalue weighted by Crippen LogP contribution is 2.28. The van der Waals surface area contributed by atoms with E-state index in [1.165, 1.54) is 4.31 Å². The molecule has 0 aromatic heterocycles. The minimum atomic E-state index is -3.50. The van der Waals surface area contributed by atoms with Crippen molar-refractivity contribution in [2.75, 3.05) is 33.2 Å². The van der Waals surface area contributed by atoms with Crippen LogP contribution in [0.1, 0.15) is 6.42 Å². The Balaban J connectivity index is 2.31. The summed E-state index contributed by atoms with van der Waals surface area (Å²) < 4.78 is 27.5. The summed E-state index contributed by atoms with van der Waals surface area (Å²) in [6, 6.07) is 4.86. The highest BCUT2D eigenvalue weighted by atomic mass is 79.9. The fourth-order valence-corrected chi connectivity index (χ4v) is 4.57. The first-order valence-corrected chi connectivity index (χ1v) is 8.66. The van der Waals surface area contributed by atoms with Gasteiger partial charge in [0, 0.05) is 24.1 Å². The smallest absolute Gasteiger partial charge is 0.244 e. The summed E-state index contributed by atoms with van der Waals surface area (Å²) in [5, 5.41) is 0.256. The lowest BCUT2D eigenvalue weighted by molar-refractivity contribution is 0.347. The molecule has 0 spiro atoms. The SMILES string of the molecule is CN1CCCN(S(=O)(=O)c2ccc(Br)cc2Cl)CC1. The highest BCUT2D eigenvalue weighted by molar-refractivity contribution is 9.10. The summed E-state index contributed by atoms with van der Waals surface area (Å²) in [7, 11) is -1.50. The second kappa shape index (κ2) is 6.10. The number of sulfonamides is 1. The van der Waals surface area contributed by atoms with Crippen molar-refractivity contribution in [3.05, 3.63) is 27.7 Å². The van der Waals surface area contributed by atoms with Gasteiger partial charge in [0.25, 0.3) is 0 Å². The average molecular weight is 368 g/mol. The maximum Gasteiger partial charge on any atom is 0.244 e. The Hall–Kier alpha value is -0.140. The largest absolute Gasteiger partial charge is 0.305 e. The number of hydrogen-bond donors (Lipinski definition) is 0. The van der Waals surface area contributed by atoms with Crippen molar-refractivity contribution in [2.45, 2.75) is 11.3 Å². The van der Waals surface area contributed by atoms with Crippen LogP contribution < -0.4 is 0 Å². The molecule has 4 nitrogen and oxygen atoms in total. The molecule has 1 aliphatic heterocycles. The van der Waals surface area contributed by atoms with E-state index in [9.17, 15) is 8.42 Å². The zero-order valence-electron chi connectivity index (χ0n) is 10.6. The maximum atomic E-state index is 12.6. The fraction of sp³-hybridized carbons (Fsp3) is 0.500. The van der Waals surface area contributed by atoms with E-state index >= 15 is 0 Å². The van der Waals surface area contributed by atoms with Gasteiger partial charge in [0.05, 0.1) is 5.02 Å². The summed E-state index contributed by atoms with van der Waals surface area (Å²) >= 11 is 9.34. The molecular weight excluding hydrogens is 352 g/mol. The minimum Gasteiger partial charge on any atom is -0.305 e. The van der Waals surface area contributed by atoms with E-state index in [1.54, 1.807) is 18.2 Å². The Morgan fingerprint density at radius 2 is 1.95 bits per heavy atom. The van der Waals surface area contributed by atoms with Crippen LogP contribution in [0.25, 0.3) is 0 Å². The van der Waals surface area contributed by atoms with Gasteiger partial charge in [-0.1, -0.05) is 27.5 Å². The van der Waals surface area contributed by atoms with Crippen molar-refractivity contribution in [1.29, 1.82) is 0 Å². The lowest BCUT2D eigenvalue weighted by Gasteiger charge is -2.20. The van der Waals surface area contributed by atoms with E-state index in [-0.39, 0.29) is 9.92 Å². The summed E-state index contributed by atoms with van der Waals surface area (Å²) in [6.07, 6.45) is 0.837. The first-order valence-electron chi connectivity index (χ1n) is 6.05. The highest BCUT2D eigenvalue weighted by Gasteiger charge is 2.27. The lowest BCUT2D eigenvalue weighted by atomic mass is 10.4. The Labute approximate surface area is 127 Å². The molecule has 1 fully saturated rings. The normalized spacial score (nSPS) is 19.3. The van der Waals surface area contributed by atoms with E-state index in [0.717, 1.165) is 24.0 Å². The third-order valence-electron chi connectivity index (χ3n) is 3.19. The number of rotatable bonds is 2. The molecule has 106 valence electrons. The summed E-state index contributed by atoms with van der Waals surface area (Å²) in [6.45, 7) is 2.71. The van der Waals surface area contributed by atoms with E-state index < -0.39 is 10.0 Å². The second-order valence-electron chi connectivity index (χ2n) is 4.64. The molecule has 1 aromatic carbocycles. The number of benzene rings is 1. The molecule has 0 atom stereocenters. The van der Waals surface area contributed by atoms with Crippen molar-refractivity contribution in [3.8, 4) is 0 Å². The number of halogens is 2. The molecule has 0 aliphatic carbocycles. The molecule has 1 heterocycles. The number of hydrogen-bond acceptors (Lipinski definition) is 3. The molecule has 2 rings (SSSR count). The quantitative estimate of drug-likeness (QED) is 0.806. The van der Waals surface area contributed by atoms with Crippen molar-refractivity contribution in [3.63, 3.8) is 0 Å². The first kappa shape index (κ1) is 15.3. The average Bonchev–Trinajstić information content (AvgIpc) is 2.53. The Kier molecular flexibility index (Phi) is 4.89. The van der Waals surface area contributed by atoms with Gasteiger partial charge < -0.3 is 4.90 Å². The molecule has 0 radical (unpaired) electrons. The van der Waals surface area contributed by atoms with Gasteiger partial charge in [-0.25, -0.2) is 8.42 Å². The van der Waals surface area contributed by atoms with Crippen molar-refractivity contribution < 1.29 is 8.42 Å². The van der Waals surface area contributed by atoms with E-state index in [1.807, 2.05) is 7.05 Å². The zero-order valence-corrected chi connectivity index (χ0v) is 13.8. The third-order valence-corrected chi connectivity index (χ3v) is 6.07. The molecule has 7 heteroatoms. The van der Waals surface area contributed by atoms with Crippen LogP contribution in [0.2, 0.25) is 5.02 Å². The molecule has 19 heavy (non-hydrogen) atoms. The molecule has 0 saturated carbocycles. The van der Waals surface area contributed by atoms with Crippen LogP contribution in [-0.4, -0.2) is 50.8 Å². The molecule has 0 N–H and O–H groups in total. The molecule has 0 bridgehead atoms. The Morgan fingerprint density at radius 3 is 2.63 bits per heavy atom. The number of likely N-dealkylation sites (N-methyl/N-ethyl adjacent to an activating group) is 1. The van der Waals surface area contributed by atoms with Crippen LogP contribution in [-0.2, 0) is 10.0 Å². The van der Waals surface area contributed by atoms with Crippen LogP contribution >= 0.6 is 27.5 Å². The predicted octanol–water partition coefficient (Wildman–Crippen LogP) is 2.43. The Morgan fingerprint density at radius 1 is 1.21 bits per heavy atom. The molecule has 1 saturated heterocycles. The van der Waals surface area contributed by atoms with Crippen molar-refractivity contribution in [1.82, 2.24) is 9.21 Å². The summed E-state index contributed by atoms with van der Waals surface area (Å²) in [5.74, 6) is 0. The van der Waals surface area contributed by atoms with Crippen LogP contribution in [0.5, 0.6) is 0 Å². The van der Waals surface area contributed by atoms with Gasteiger partial charge >= 0.3 is 0 Å². The van der Waals surface area contributed by atoms with Gasteiger partial charge in [-0.15, -0.1) is 0 Å². The maximum absolute atomic E-state index is 12.6. The molecule has 0 amide bonds. The zero-order chi connectivity index (χ0) is 14.0.